The van der Waals surface area contributed by atoms with E-state index >= 15 is 0 Å². The number of rotatable bonds is 6. The van der Waals surface area contributed by atoms with Crippen LogP contribution in [0.15, 0.2) is 24.3 Å². The summed E-state index contributed by atoms with van der Waals surface area (Å²) >= 11 is 0. The van der Waals surface area contributed by atoms with Crippen LogP contribution in [-0.4, -0.2) is 31.6 Å². The van der Waals surface area contributed by atoms with Crippen molar-refractivity contribution < 1.29 is 9.53 Å². The fraction of sp³-hybridized carbons (Fsp3) is 0.588. The molecule has 1 saturated heterocycles. The fourth-order valence-corrected chi connectivity index (χ4v) is 2.66. The lowest BCUT2D eigenvalue weighted by Crippen LogP contribution is -2.44. The maximum absolute atomic E-state index is 12.3. The molecule has 2 atom stereocenters. The molecule has 1 aliphatic rings. The number of amides is 1. The predicted octanol–water partition coefficient (Wildman–Crippen LogP) is 2.59. The molecule has 1 aliphatic heterocycles. The summed E-state index contributed by atoms with van der Waals surface area (Å²) in [5, 5.41) is 6.50. The first kappa shape index (κ1) is 15.8. The molecule has 0 bridgehead atoms. The minimum Gasteiger partial charge on any atom is -0.494 e. The van der Waals surface area contributed by atoms with Crippen molar-refractivity contribution in [2.24, 2.45) is 5.92 Å². The van der Waals surface area contributed by atoms with Crippen LogP contribution in [0.25, 0.3) is 0 Å². The first-order chi connectivity index (χ1) is 10.2. The Kier molecular flexibility index (Phi) is 6.05. The molecule has 1 heterocycles. The standard InChI is InChI=1S/C17H26N2O2/c1-3-10-21-16-8-4-6-14(11-16)17(20)19-13(2)15-7-5-9-18-12-15/h4,6,8,11,13,15,18H,3,5,7,9-10,12H2,1-2H3,(H,19,20). The van der Waals surface area contributed by atoms with E-state index in [2.05, 4.69) is 24.5 Å². The highest BCUT2D eigenvalue weighted by molar-refractivity contribution is 5.94. The number of benzene rings is 1. The van der Waals surface area contributed by atoms with Crippen LogP contribution in [0, 0.1) is 5.92 Å². The number of piperidine rings is 1. The van der Waals surface area contributed by atoms with Crippen LogP contribution < -0.4 is 15.4 Å². The van der Waals surface area contributed by atoms with Gasteiger partial charge in [-0.05, 0) is 63.4 Å². The van der Waals surface area contributed by atoms with Crippen LogP contribution >= 0.6 is 0 Å². The average Bonchev–Trinajstić information content (AvgIpc) is 2.54. The van der Waals surface area contributed by atoms with E-state index in [0.717, 1.165) is 25.3 Å². The molecule has 1 aromatic rings. The van der Waals surface area contributed by atoms with Crippen LogP contribution in [0.3, 0.4) is 0 Å². The van der Waals surface area contributed by atoms with E-state index in [1.54, 1.807) is 0 Å². The molecular weight excluding hydrogens is 264 g/mol. The molecule has 0 radical (unpaired) electrons. The Hall–Kier alpha value is -1.55. The summed E-state index contributed by atoms with van der Waals surface area (Å²) in [6, 6.07) is 7.59. The Bertz CT molecular complexity index is 456. The Morgan fingerprint density at radius 1 is 1.52 bits per heavy atom. The molecule has 1 fully saturated rings. The normalized spacial score (nSPS) is 19.8. The quantitative estimate of drug-likeness (QED) is 0.846. The Morgan fingerprint density at radius 3 is 3.10 bits per heavy atom. The maximum Gasteiger partial charge on any atom is 0.251 e. The van der Waals surface area contributed by atoms with E-state index in [1.165, 1.54) is 12.8 Å². The van der Waals surface area contributed by atoms with Crippen molar-refractivity contribution in [2.45, 2.75) is 39.2 Å². The van der Waals surface area contributed by atoms with Crippen molar-refractivity contribution in [1.82, 2.24) is 10.6 Å². The van der Waals surface area contributed by atoms with Crippen molar-refractivity contribution in [3.63, 3.8) is 0 Å². The van der Waals surface area contributed by atoms with Crippen molar-refractivity contribution in [3.8, 4) is 5.75 Å². The third kappa shape index (κ3) is 4.74. The van der Waals surface area contributed by atoms with Gasteiger partial charge in [0.1, 0.15) is 5.75 Å². The lowest BCUT2D eigenvalue weighted by molar-refractivity contribution is 0.0921. The number of ether oxygens (including phenoxy) is 1. The third-order valence-electron chi connectivity index (χ3n) is 3.97. The van der Waals surface area contributed by atoms with Crippen LogP contribution in [0.4, 0.5) is 0 Å². The second-order valence-electron chi connectivity index (χ2n) is 5.74. The highest BCUT2D eigenvalue weighted by atomic mass is 16.5. The van der Waals surface area contributed by atoms with Gasteiger partial charge in [-0.2, -0.15) is 0 Å². The molecular formula is C17H26N2O2. The highest BCUT2D eigenvalue weighted by Gasteiger charge is 2.21. The monoisotopic (exact) mass is 290 g/mol. The van der Waals surface area contributed by atoms with Crippen LogP contribution in [0.1, 0.15) is 43.5 Å². The number of hydrogen-bond donors (Lipinski definition) is 2. The van der Waals surface area contributed by atoms with Crippen molar-refractivity contribution in [1.29, 1.82) is 0 Å². The molecule has 2 unspecified atom stereocenters. The SMILES string of the molecule is CCCOc1cccc(C(=O)NC(C)C2CCCNC2)c1. The van der Waals surface area contributed by atoms with Crippen LogP contribution in [0.2, 0.25) is 0 Å². The Labute approximate surface area is 127 Å². The van der Waals surface area contributed by atoms with E-state index in [9.17, 15) is 4.79 Å². The number of hydrogen-bond acceptors (Lipinski definition) is 3. The van der Waals surface area contributed by atoms with E-state index in [4.69, 9.17) is 4.74 Å². The van der Waals surface area contributed by atoms with Crippen molar-refractivity contribution in [3.05, 3.63) is 29.8 Å². The molecule has 1 aromatic carbocycles. The first-order valence-corrected chi connectivity index (χ1v) is 7.95. The molecule has 0 aromatic heterocycles. The third-order valence-corrected chi connectivity index (χ3v) is 3.97. The Balaban J connectivity index is 1.92. The van der Waals surface area contributed by atoms with Gasteiger partial charge < -0.3 is 15.4 Å². The predicted molar refractivity (Wildman–Crippen MR) is 84.7 cm³/mol. The van der Waals surface area contributed by atoms with E-state index < -0.39 is 0 Å². The lowest BCUT2D eigenvalue weighted by Gasteiger charge is -2.29. The second kappa shape index (κ2) is 8.03. The molecule has 21 heavy (non-hydrogen) atoms. The van der Waals surface area contributed by atoms with Gasteiger partial charge in [-0.25, -0.2) is 0 Å². The summed E-state index contributed by atoms with van der Waals surface area (Å²) in [7, 11) is 0. The van der Waals surface area contributed by atoms with E-state index in [1.807, 2.05) is 24.3 Å². The van der Waals surface area contributed by atoms with Gasteiger partial charge >= 0.3 is 0 Å². The van der Waals surface area contributed by atoms with Crippen LogP contribution in [-0.2, 0) is 0 Å². The van der Waals surface area contributed by atoms with Crippen molar-refractivity contribution in [2.75, 3.05) is 19.7 Å². The molecule has 2 N–H and O–H groups in total. The van der Waals surface area contributed by atoms with E-state index in [0.29, 0.717) is 18.1 Å². The summed E-state index contributed by atoms with van der Waals surface area (Å²) in [5.41, 5.74) is 0.666. The zero-order chi connectivity index (χ0) is 15.1. The summed E-state index contributed by atoms with van der Waals surface area (Å²) < 4.78 is 5.58. The molecule has 0 spiro atoms. The van der Waals surface area contributed by atoms with Gasteiger partial charge in [0.05, 0.1) is 6.61 Å². The summed E-state index contributed by atoms with van der Waals surface area (Å²) in [5.74, 6) is 1.26. The molecule has 1 amide bonds. The van der Waals surface area contributed by atoms with Crippen molar-refractivity contribution >= 4 is 5.91 Å². The summed E-state index contributed by atoms with van der Waals surface area (Å²) in [6.45, 7) is 6.91. The minimum absolute atomic E-state index is 0.0185. The zero-order valence-corrected chi connectivity index (χ0v) is 13.0. The van der Waals surface area contributed by atoms with E-state index in [-0.39, 0.29) is 11.9 Å². The summed E-state index contributed by atoms with van der Waals surface area (Å²) in [6.07, 6.45) is 3.32. The fourth-order valence-electron chi connectivity index (χ4n) is 2.66. The first-order valence-electron chi connectivity index (χ1n) is 7.95. The zero-order valence-electron chi connectivity index (χ0n) is 13.0. The summed E-state index contributed by atoms with van der Waals surface area (Å²) in [4.78, 5) is 12.3. The molecule has 2 rings (SSSR count). The van der Waals surface area contributed by atoms with Gasteiger partial charge in [0.15, 0.2) is 0 Å². The smallest absolute Gasteiger partial charge is 0.251 e. The van der Waals surface area contributed by atoms with Gasteiger partial charge in [-0.15, -0.1) is 0 Å². The lowest BCUT2D eigenvalue weighted by atomic mass is 9.92. The topological polar surface area (TPSA) is 50.4 Å². The largest absolute Gasteiger partial charge is 0.494 e. The molecule has 4 nitrogen and oxygen atoms in total. The molecule has 116 valence electrons. The molecule has 0 aliphatic carbocycles. The number of carbonyl (C=O) groups excluding carboxylic acids is 1. The average molecular weight is 290 g/mol. The van der Waals surface area contributed by atoms with Crippen LogP contribution in [0.5, 0.6) is 5.75 Å². The molecule has 4 heteroatoms. The molecule has 0 saturated carbocycles. The highest BCUT2D eigenvalue weighted by Crippen LogP contribution is 2.16. The number of nitrogens with one attached hydrogen (secondary N) is 2. The van der Waals surface area contributed by atoms with Gasteiger partial charge in [0.25, 0.3) is 5.91 Å². The van der Waals surface area contributed by atoms with Gasteiger partial charge in [-0.1, -0.05) is 13.0 Å². The second-order valence-corrected chi connectivity index (χ2v) is 5.74. The number of carbonyl (C=O) groups is 1. The minimum atomic E-state index is -0.0185. The van der Waals surface area contributed by atoms with Gasteiger partial charge in [-0.3, -0.25) is 4.79 Å². The van der Waals surface area contributed by atoms with Gasteiger partial charge in [0.2, 0.25) is 0 Å². The van der Waals surface area contributed by atoms with Gasteiger partial charge in [0, 0.05) is 11.6 Å². The Morgan fingerprint density at radius 2 is 2.38 bits per heavy atom. The maximum atomic E-state index is 12.3.